The topological polar surface area (TPSA) is 67.4 Å². The minimum Gasteiger partial charge on any atom is -0.461 e. The lowest BCUT2D eigenvalue weighted by atomic mass is 9.96. The second-order valence-electron chi connectivity index (χ2n) is 4.11. The van der Waals surface area contributed by atoms with Crippen LogP contribution in [0.2, 0.25) is 0 Å². The molecule has 0 aromatic carbocycles. The van der Waals surface area contributed by atoms with Crippen LogP contribution in [0.15, 0.2) is 12.7 Å². The first-order chi connectivity index (χ1) is 8.22. The Kier molecular flexibility index (Phi) is 6.14. The molecule has 0 aromatic rings. The van der Waals surface area contributed by atoms with Crippen molar-refractivity contribution in [3.05, 3.63) is 12.7 Å². The number of rotatable bonds is 5. The highest BCUT2D eigenvalue weighted by molar-refractivity contribution is 5.81. The fraction of sp³-hybridized carbons (Fsp3) is 0.667. The van der Waals surface area contributed by atoms with Crippen LogP contribution in [-0.2, 0) is 9.53 Å². The summed E-state index contributed by atoms with van der Waals surface area (Å²) < 4.78 is 4.73. The molecule has 96 valence electrons. The summed E-state index contributed by atoms with van der Waals surface area (Å²) in [5, 5.41) is 5.56. The number of ether oxygens (including phenoxy) is 1. The van der Waals surface area contributed by atoms with Crippen LogP contribution in [0.5, 0.6) is 0 Å². The van der Waals surface area contributed by atoms with Gasteiger partial charge in [-0.25, -0.2) is 9.59 Å². The largest absolute Gasteiger partial charge is 0.461 e. The van der Waals surface area contributed by atoms with Crippen LogP contribution < -0.4 is 10.6 Å². The van der Waals surface area contributed by atoms with E-state index in [1.807, 2.05) is 0 Å². The zero-order valence-electron chi connectivity index (χ0n) is 10.0. The van der Waals surface area contributed by atoms with Crippen molar-refractivity contribution in [1.29, 1.82) is 0 Å². The third-order valence-electron chi connectivity index (χ3n) is 2.74. The molecule has 1 saturated carbocycles. The van der Waals surface area contributed by atoms with Gasteiger partial charge in [0.05, 0.1) is 6.54 Å². The summed E-state index contributed by atoms with van der Waals surface area (Å²) >= 11 is 0. The Morgan fingerprint density at radius 2 is 2.00 bits per heavy atom. The van der Waals surface area contributed by atoms with Crippen molar-refractivity contribution in [2.45, 2.75) is 38.1 Å². The van der Waals surface area contributed by atoms with E-state index in [0.29, 0.717) is 12.6 Å². The summed E-state index contributed by atoms with van der Waals surface area (Å²) in [7, 11) is 0. The molecule has 1 fully saturated rings. The summed E-state index contributed by atoms with van der Waals surface area (Å²) in [4.78, 5) is 22.1. The third-order valence-corrected chi connectivity index (χ3v) is 2.74. The predicted octanol–water partition coefficient (Wildman–Crippen LogP) is 1.35. The number of nitrogens with one attached hydrogen (secondary N) is 2. The van der Waals surface area contributed by atoms with Crippen molar-refractivity contribution >= 4 is 12.0 Å². The highest BCUT2D eigenvalue weighted by atomic mass is 16.5. The number of urea groups is 1. The lowest BCUT2D eigenvalue weighted by Gasteiger charge is -2.22. The van der Waals surface area contributed by atoms with Gasteiger partial charge in [-0.15, -0.1) is 0 Å². The molecule has 0 aliphatic heterocycles. The van der Waals surface area contributed by atoms with E-state index >= 15 is 0 Å². The Labute approximate surface area is 102 Å². The molecule has 5 nitrogen and oxygen atoms in total. The highest BCUT2D eigenvalue weighted by Crippen LogP contribution is 2.16. The molecule has 0 atom stereocenters. The van der Waals surface area contributed by atoms with Gasteiger partial charge < -0.3 is 15.4 Å². The SMILES string of the molecule is C=CC(=O)OCCNC(=O)NC1CCCCC1. The quantitative estimate of drug-likeness (QED) is 0.433. The van der Waals surface area contributed by atoms with E-state index in [-0.39, 0.29) is 12.6 Å². The number of esters is 1. The second-order valence-corrected chi connectivity index (χ2v) is 4.11. The van der Waals surface area contributed by atoms with Crippen LogP contribution in [0.3, 0.4) is 0 Å². The first kappa shape index (κ1) is 13.5. The van der Waals surface area contributed by atoms with Gasteiger partial charge in [0.25, 0.3) is 0 Å². The monoisotopic (exact) mass is 240 g/mol. The molecular weight excluding hydrogens is 220 g/mol. The van der Waals surface area contributed by atoms with Crippen LogP contribution >= 0.6 is 0 Å². The molecule has 0 aromatic heterocycles. The maximum atomic E-state index is 11.4. The van der Waals surface area contributed by atoms with Crippen molar-refractivity contribution < 1.29 is 14.3 Å². The van der Waals surface area contributed by atoms with Crippen LogP contribution in [0.1, 0.15) is 32.1 Å². The summed E-state index contributed by atoms with van der Waals surface area (Å²) in [6.07, 6.45) is 6.83. The maximum Gasteiger partial charge on any atom is 0.330 e. The Hall–Kier alpha value is -1.52. The lowest BCUT2D eigenvalue weighted by molar-refractivity contribution is -0.137. The zero-order valence-corrected chi connectivity index (χ0v) is 10.0. The van der Waals surface area contributed by atoms with Crippen LogP contribution in [0.25, 0.3) is 0 Å². The molecule has 0 unspecified atom stereocenters. The average Bonchev–Trinajstić information content (AvgIpc) is 2.35. The molecule has 1 aliphatic carbocycles. The van der Waals surface area contributed by atoms with E-state index in [1.54, 1.807) is 0 Å². The van der Waals surface area contributed by atoms with E-state index in [4.69, 9.17) is 4.74 Å². The minimum absolute atomic E-state index is 0.170. The molecular formula is C12H20N2O3. The van der Waals surface area contributed by atoms with E-state index in [1.165, 1.54) is 19.3 Å². The van der Waals surface area contributed by atoms with Crippen LogP contribution in [-0.4, -0.2) is 31.2 Å². The second kappa shape index (κ2) is 7.70. The fourth-order valence-electron chi connectivity index (χ4n) is 1.86. The number of carbonyl (C=O) groups is 2. The van der Waals surface area contributed by atoms with Crippen molar-refractivity contribution in [2.24, 2.45) is 0 Å². The van der Waals surface area contributed by atoms with E-state index < -0.39 is 5.97 Å². The van der Waals surface area contributed by atoms with Gasteiger partial charge in [0.2, 0.25) is 0 Å². The summed E-state index contributed by atoms with van der Waals surface area (Å²) in [6.45, 7) is 3.76. The van der Waals surface area contributed by atoms with Crippen molar-refractivity contribution in [2.75, 3.05) is 13.2 Å². The zero-order chi connectivity index (χ0) is 12.5. The molecule has 2 N–H and O–H groups in total. The van der Waals surface area contributed by atoms with E-state index in [2.05, 4.69) is 17.2 Å². The summed E-state index contributed by atoms with van der Waals surface area (Å²) in [6, 6.07) is 0.103. The number of hydrogen-bond donors (Lipinski definition) is 2. The Balaban J connectivity index is 2.04. The lowest BCUT2D eigenvalue weighted by Crippen LogP contribution is -2.43. The first-order valence-electron chi connectivity index (χ1n) is 6.06. The molecule has 0 radical (unpaired) electrons. The number of hydrogen-bond acceptors (Lipinski definition) is 3. The van der Waals surface area contributed by atoms with Gasteiger partial charge in [0.1, 0.15) is 6.61 Å². The van der Waals surface area contributed by atoms with Gasteiger partial charge in [-0.1, -0.05) is 25.8 Å². The molecule has 0 spiro atoms. The Morgan fingerprint density at radius 3 is 2.65 bits per heavy atom. The van der Waals surface area contributed by atoms with Gasteiger partial charge in [0.15, 0.2) is 0 Å². The van der Waals surface area contributed by atoms with Gasteiger partial charge >= 0.3 is 12.0 Å². The van der Waals surface area contributed by atoms with Crippen LogP contribution in [0, 0.1) is 0 Å². The van der Waals surface area contributed by atoms with E-state index in [9.17, 15) is 9.59 Å². The molecule has 17 heavy (non-hydrogen) atoms. The standard InChI is InChI=1S/C12H20N2O3/c1-2-11(15)17-9-8-13-12(16)14-10-6-4-3-5-7-10/h2,10H,1,3-9H2,(H2,13,14,16). The van der Waals surface area contributed by atoms with Crippen LogP contribution in [0.4, 0.5) is 4.79 Å². The molecule has 0 bridgehead atoms. The molecule has 1 aliphatic rings. The highest BCUT2D eigenvalue weighted by Gasteiger charge is 2.14. The Bertz CT molecular complexity index is 273. The average molecular weight is 240 g/mol. The normalized spacial score (nSPS) is 16.0. The Morgan fingerprint density at radius 1 is 1.29 bits per heavy atom. The number of carbonyl (C=O) groups excluding carboxylic acids is 2. The molecule has 0 saturated heterocycles. The van der Waals surface area contributed by atoms with Gasteiger partial charge in [-0.2, -0.15) is 0 Å². The predicted molar refractivity (Wildman–Crippen MR) is 64.6 cm³/mol. The van der Waals surface area contributed by atoms with E-state index in [0.717, 1.165) is 18.9 Å². The summed E-state index contributed by atoms with van der Waals surface area (Å²) in [5.41, 5.74) is 0. The van der Waals surface area contributed by atoms with Gasteiger partial charge in [-0.3, -0.25) is 0 Å². The van der Waals surface area contributed by atoms with Crippen molar-refractivity contribution in [3.8, 4) is 0 Å². The molecule has 2 amide bonds. The summed E-state index contributed by atoms with van der Waals surface area (Å²) in [5.74, 6) is -0.473. The van der Waals surface area contributed by atoms with Crippen molar-refractivity contribution in [1.82, 2.24) is 10.6 Å². The maximum absolute atomic E-state index is 11.4. The minimum atomic E-state index is -0.473. The fourth-order valence-corrected chi connectivity index (χ4v) is 1.86. The van der Waals surface area contributed by atoms with Gasteiger partial charge in [-0.05, 0) is 12.8 Å². The van der Waals surface area contributed by atoms with Crippen molar-refractivity contribution in [3.63, 3.8) is 0 Å². The number of amides is 2. The smallest absolute Gasteiger partial charge is 0.330 e. The third kappa shape index (κ3) is 5.94. The molecule has 0 heterocycles. The van der Waals surface area contributed by atoms with Gasteiger partial charge in [0, 0.05) is 12.1 Å². The first-order valence-corrected chi connectivity index (χ1v) is 6.06. The molecule has 1 rings (SSSR count). The molecule has 5 heteroatoms.